The number of benzene rings is 1. The highest BCUT2D eigenvalue weighted by Gasteiger charge is 2.26. The summed E-state index contributed by atoms with van der Waals surface area (Å²) in [6, 6.07) is 13.8. The van der Waals surface area contributed by atoms with Crippen molar-refractivity contribution in [2.75, 3.05) is 18.4 Å². The molecular formula is C17H23N3. The van der Waals surface area contributed by atoms with Crippen molar-refractivity contribution >= 4 is 16.7 Å². The molecule has 1 saturated heterocycles. The summed E-state index contributed by atoms with van der Waals surface area (Å²) in [6.45, 7) is 6.79. The number of pyridine rings is 1. The number of rotatable bonds is 4. The fourth-order valence-electron chi connectivity index (χ4n) is 3.14. The van der Waals surface area contributed by atoms with E-state index in [2.05, 4.69) is 59.4 Å². The Labute approximate surface area is 121 Å². The Bertz CT molecular complexity index is 579. The second kappa shape index (κ2) is 5.80. The molecule has 20 heavy (non-hydrogen) atoms. The van der Waals surface area contributed by atoms with Gasteiger partial charge in [0.05, 0.1) is 5.52 Å². The van der Waals surface area contributed by atoms with Gasteiger partial charge in [-0.3, -0.25) is 4.90 Å². The lowest BCUT2D eigenvalue weighted by Crippen LogP contribution is -2.39. The van der Waals surface area contributed by atoms with Crippen molar-refractivity contribution in [2.24, 2.45) is 0 Å². The lowest BCUT2D eigenvalue weighted by molar-refractivity contribution is 0.211. The lowest BCUT2D eigenvalue weighted by atomic mass is 10.2. The molecule has 3 nitrogen and oxygen atoms in total. The van der Waals surface area contributed by atoms with Crippen LogP contribution in [0.3, 0.4) is 0 Å². The number of nitrogens with zero attached hydrogens (tertiary/aromatic N) is 2. The van der Waals surface area contributed by atoms with Crippen LogP contribution in [-0.2, 0) is 0 Å². The maximum atomic E-state index is 4.68. The summed E-state index contributed by atoms with van der Waals surface area (Å²) in [5.41, 5.74) is 1.06. The number of likely N-dealkylation sites (tertiary alicyclic amines) is 1. The number of fused-ring (bicyclic) bond motifs is 1. The van der Waals surface area contributed by atoms with Gasteiger partial charge in [-0.15, -0.1) is 0 Å². The van der Waals surface area contributed by atoms with Crippen LogP contribution in [-0.4, -0.2) is 35.1 Å². The van der Waals surface area contributed by atoms with Crippen molar-refractivity contribution in [3.8, 4) is 0 Å². The SMILES string of the molecule is CC(C)N1CCCC1CNc1ccc2ccccc2n1. The lowest BCUT2D eigenvalue weighted by Gasteiger charge is -2.28. The van der Waals surface area contributed by atoms with Gasteiger partial charge in [-0.25, -0.2) is 4.98 Å². The Hall–Kier alpha value is -1.61. The highest BCUT2D eigenvalue weighted by atomic mass is 15.2. The fraction of sp³-hybridized carbons (Fsp3) is 0.471. The molecule has 0 aliphatic carbocycles. The number of hydrogen-bond acceptors (Lipinski definition) is 3. The molecular weight excluding hydrogens is 246 g/mol. The molecule has 106 valence electrons. The van der Waals surface area contributed by atoms with E-state index in [0.717, 1.165) is 17.9 Å². The monoisotopic (exact) mass is 269 g/mol. The third-order valence-corrected chi connectivity index (χ3v) is 4.20. The summed E-state index contributed by atoms with van der Waals surface area (Å²) < 4.78 is 0. The summed E-state index contributed by atoms with van der Waals surface area (Å²) in [5.74, 6) is 0.985. The van der Waals surface area contributed by atoms with E-state index in [-0.39, 0.29) is 0 Å². The van der Waals surface area contributed by atoms with Crippen LogP contribution in [0.4, 0.5) is 5.82 Å². The molecule has 1 N–H and O–H groups in total. The van der Waals surface area contributed by atoms with Gasteiger partial charge in [0.25, 0.3) is 0 Å². The van der Waals surface area contributed by atoms with E-state index >= 15 is 0 Å². The van der Waals surface area contributed by atoms with Crippen LogP contribution in [0.5, 0.6) is 0 Å². The van der Waals surface area contributed by atoms with Gasteiger partial charge >= 0.3 is 0 Å². The molecule has 0 spiro atoms. The molecule has 3 heteroatoms. The average molecular weight is 269 g/mol. The molecule has 1 fully saturated rings. The topological polar surface area (TPSA) is 28.2 Å². The normalized spacial score (nSPS) is 19.9. The standard InChI is InChI=1S/C17H23N3/c1-13(2)20-11-5-7-15(20)12-18-17-10-9-14-6-3-4-8-16(14)19-17/h3-4,6,8-10,13,15H,5,7,11-12H2,1-2H3,(H,18,19). The first kappa shape index (κ1) is 13.4. The Kier molecular flexibility index (Phi) is 3.88. The molecule has 1 aliphatic heterocycles. The van der Waals surface area contributed by atoms with Crippen molar-refractivity contribution in [2.45, 2.75) is 38.8 Å². The summed E-state index contributed by atoms with van der Waals surface area (Å²) in [5, 5.41) is 4.71. The van der Waals surface area contributed by atoms with Crippen LogP contribution >= 0.6 is 0 Å². The summed E-state index contributed by atoms with van der Waals surface area (Å²) in [6.07, 6.45) is 2.61. The van der Waals surface area contributed by atoms with Crippen molar-refractivity contribution in [3.63, 3.8) is 0 Å². The highest BCUT2D eigenvalue weighted by molar-refractivity contribution is 5.80. The van der Waals surface area contributed by atoms with Gasteiger partial charge in [-0.05, 0) is 51.4 Å². The molecule has 1 unspecified atom stereocenters. The maximum Gasteiger partial charge on any atom is 0.126 e. The van der Waals surface area contributed by atoms with Crippen LogP contribution < -0.4 is 5.32 Å². The van der Waals surface area contributed by atoms with Crippen LogP contribution in [0.1, 0.15) is 26.7 Å². The van der Waals surface area contributed by atoms with Gasteiger partial charge < -0.3 is 5.32 Å². The molecule has 0 bridgehead atoms. The zero-order valence-corrected chi connectivity index (χ0v) is 12.3. The van der Waals surface area contributed by atoms with Crippen LogP contribution in [0.25, 0.3) is 10.9 Å². The first-order valence-electron chi connectivity index (χ1n) is 7.59. The zero-order valence-electron chi connectivity index (χ0n) is 12.3. The van der Waals surface area contributed by atoms with Gasteiger partial charge in [-0.2, -0.15) is 0 Å². The highest BCUT2D eigenvalue weighted by Crippen LogP contribution is 2.21. The largest absolute Gasteiger partial charge is 0.368 e. The van der Waals surface area contributed by atoms with Gasteiger partial charge in [0, 0.05) is 24.0 Å². The molecule has 2 heterocycles. The Balaban J connectivity index is 1.67. The van der Waals surface area contributed by atoms with E-state index in [1.54, 1.807) is 0 Å². The van der Waals surface area contributed by atoms with Crippen LogP contribution in [0.15, 0.2) is 36.4 Å². The first-order valence-corrected chi connectivity index (χ1v) is 7.59. The van der Waals surface area contributed by atoms with E-state index in [1.165, 1.54) is 24.8 Å². The zero-order chi connectivity index (χ0) is 13.9. The van der Waals surface area contributed by atoms with Gasteiger partial charge in [0.1, 0.15) is 5.82 Å². The molecule has 1 aliphatic rings. The number of anilines is 1. The predicted octanol–water partition coefficient (Wildman–Crippen LogP) is 3.52. The predicted molar refractivity (Wildman–Crippen MR) is 85.1 cm³/mol. The molecule has 0 saturated carbocycles. The van der Waals surface area contributed by atoms with E-state index in [0.29, 0.717) is 12.1 Å². The second-order valence-corrected chi connectivity index (χ2v) is 5.90. The number of hydrogen-bond donors (Lipinski definition) is 1. The maximum absolute atomic E-state index is 4.68. The molecule has 0 amide bonds. The van der Waals surface area contributed by atoms with Gasteiger partial charge in [-0.1, -0.05) is 18.2 Å². The average Bonchev–Trinajstić information content (AvgIpc) is 2.93. The molecule has 0 radical (unpaired) electrons. The third kappa shape index (κ3) is 2.78. The number of aromatic nitrogens is 1. The van der Waals surface area contributed by atoms with Crippen molar-refractivity contribution in [3.05, 3.63) is 36.4 Å². The summed E-state index contributed by atoms with van der Waals surface area (Å²) in [7, 11) is 0. The van der Waals surface area contributed by atoms with E-state index in [1.807, 2.05) is 6.07 Å². The minimum absolute atomic E-state index is 0.633. The van der Waals surface area contributed by atoms with Crippen molar-refractivity contribution < 1.29 is 0 Å². The summed E-state index contributed by atoms with van der Waals surface area (Å²) in [4.78, 5) is 7.27. The first-order chi connectivity index (χ1) is 9.74. The Morgan fingerprint density at radius 3 is 2.95 bits per heavy atom. The molecule has 1 aromatic heterocycles. The van der Waals surface area contributed by atoms with E-state index < -0.39 is 0 Å². The summed E-state index contributed by atoms with van der Waals surface area (Å²) >= 11 is 0. The van der Waals surface area contributed by atoms with E-state index in [9.17, 15) is 0 Å². The molecule has 2 aromatic rings. The van der Waals surface area contributed by atoms with Gasteiger partial charge in [0.2, 0.25) is 0 Å². The van der Waals surface area contributed by atoms with Crippen LogP contribution in [0, 0.1) is 0 Å². The third-order valence-electron chi connectivity index (χ3n) is 4.20. The molecule has 3 rings (SSSR count). The van der Waals surface area contributed by atoms with Gasteiger partial charge in [0.15, 0.2) is 0 Å². The minimum atomic E-state index is 0.633. The van der Waals surface area contributed by atoms with Crippen molar-refractivity contribution in [1.82, 2.24) is 9.88 Å². The Morgan fingerprint density at radius 2 is 2.10 bits per heavy atom. The second-order valence-electron chi connectivity index (χ2n) is 5.90. The molecule has 1 atom stereocenters. The minimum Gasteiger partial charge on any atom is -0.368 e. The quantitative estimate of drug-likeness (QED) is 0.920. The Morgan fingerprint density at radius 1 is 1.25 bits per heavy atom. The smallest absolute Gasteiger partial charge is 0.126 e. The molecule has 1 aromatic carbocycles. The number of para-hydroxylation sites is 1. The fourth-order valence-corrected chi connectivity index (χ4v) is 3.14. The van der Waals surface area contributed by atoms with E-state index in [4.69, 9.17) is 0 Å². The van der Waals surface area contributed by atoms with Crippen molar-refractivity contribution in [1.29, 1.82) is 0 Å². The van der Waals surface area contributed by atoms with Crippen LogP contribution in [0.2, 0.25) is 0 Å². The number of nitrogens with one attached hydrogen (secondary N) is 1.